The van der Waals surface area contributed by atoms with E-state index in [1.54, 1.807) is 24.5 Å². The summed E-state index contributed by atoms with van der Waals surface area (Å²) >= 11 is 0. The van der Waals surface area contributed by atoms with Gasteiger partial charge in [-0.2, -0.15) is 13.2 Å². The van der Waals surface area contributed by atoms with Crippen molar-refractivity contribution < 1.29 is 13.2 Å². The number of alkyl halides is 3. The van der Waals surface area contributed by atoms with E-state index in [-0.39, 0.29) is 0 Å². The van der Waals surface area contributed by atoms with Gasteiger partial charge in [-0.05, 0) is 73.7 Å². The van der Waals surface area contributed by atoms with Crippen LogP contribution >= 0.6 is 0 Å². The largest absolute Gasteiger partial charge is 0.416 e. The molecule has 2 aromatic heterocycles. The number of hydrogen-bond donors (Lipinski definition) is 2. The van der Waals surface area contributed by atoms with E-state index in [2.05, 4.69) is 49.0 Å². The van der Waals surface area contributed by atoms with Gasteiger partial charge in [-0.1, -0.05) is 24.1 Å². The number of hydrogen-bond acceptors (Lipinski definition) is 5. The first-order chi connectivity index (χ1) is 19.2. The molecule has 2 aromatic carbocycles. The molecule has 2 aliphatic rings. The van der Waals surface area contributed by atoms with Crippen LogP contribution in [0.4, 0.5) is 18.9 Å². The number of benzene rings is 2. The zero-order valence-electron chi connectivity index (χ0n) is 22.5. The minimum Gasteiger partial charge on any atom is -0.381 e. The molecule has 2 bridgehead atoms. The van der Waals surface area contributed by atoms with Gasteiger partial charge in [0.2, 0.25) is 0 Å². The van der Waals surface area contributed by atoms with Crippen molar-refractivity contribution in [3.05, 3.63) is 88.4 Å². The van der Waals surface area contributed by atoms with Crippen LogP contribution in [0.1, 0.15) is 46.4 Å². The molecule has 2 unspecified atom stereocenters. The van der Waals surface area contributed by atoms with Gasteiger partial charge in [0.05, 0.1) is 11.8 Å². The Hall–Kier alpha value is -3.87. The molecule has 0 aliphatic carbocycles. The van der Waals surface area contributed by atoms with Crippen molar-refractivity contribution in [3.63, 3.8) is 0 Å². The first kappa shape index (κ1) is 26.4. The van der Waals surface area contributed by atoms with E-state index in [9.17, 15) is 13.2 Å². The third-order valence-corrected chi connectivity index (χ3v) is 7.97. The Labute approximate surface area is 231 Å². The van der Waals surface area contributed by atoms with E-state index in [1.807, 2.05) is 31.2 Å². The Morgan fingerprint density at radius 3 is 2.62 bits per heavy atom. The molecule has 206 valence electrons. The van der Waals surface area contributed by atoms with Gasteiger partial charge in [0.15, 0.2) is 5.65 Å². The molecule has 2 saturated heterocycles. The highest BCUT2D eigenvalue weighted by Gasteiger charge is 2.40. The number of anilines is 1. The average Bonchev–Trinajstić information content (AvgIpc) is 3.48. The number of H-pyrrole nitrogens is 1. The maximum atomic E-state index is 14.1. The van der Waals surface area contributed by atoms with Crippen LogP contribution in [-0.4, -0.2) is 57.0 Å². The Kier molecular flexibility index (Phi) is 6.99. The second kappa shape index (κ2) is 10.6. The van der Waals surface area contributed by atoms with Gasteiger partial charge in [0.25, 0.3) is 0 Å². The summed E-state index contributed by atoms with van der Waals surface area (Å²) in [6, 6.07) is 13.0. The molecule has 2 N–H and O–H groups in total. The number of aromatic amines is 1. The fourth-order valence-corrected chi connectivity index (χ4v) is 5.88. The van der Waals surface area contributed by atoms with Crippen LogP contribution in [0, 0.1) is 18.8 Å². The Bertz CT molecular complexity index is 1580. The highest BCUT2D eigenvalue weighted by Crippen LogP contribution is 2.37. The lowest BCUT2D eigenvalue weighted by Crippen LogP contribution is -2.51. The van der Waals surface area contributed by atoms with E-state index >= 15 is 0 Å². The van der Waals surface area contributed by atoms with Crippen LogP contribution in [-0.2, 0) is 19.3 Å². The first-order valence-electron chi connectivity index (χ1n) is 13.5. The summed E-state index contributed by atoms with van der Waals surface area (Å²) in [4.78, 5) is 16.4. The molecule has 6 nitrogen and oxygen atoms in total. The van der Waals surface area contributed by atoms with Crippen molar-refractivity contribution in [1.82, 2.24) is 24.8 Å². The topological polar surface area (TPSA) is 60.1 Å². The van der Waals surface area contributed by atoms with Gasteiger partial charge in [0.1, 0.15) is 11.2 Å². The normalized spacial score (nSPS) is 19.5. The smallest absolute Gasteiger partial charge is 0.381 e. The van der Waals surface area contributed by atoms with Gasteiger partial charge in [-0.3, -0.25) is 4.90 Å². The van der Waals surface area contributed by atoms with Crippen molar-refractivity contribution in [2.45, 2.75) is 51.1 Å². The van der Waals surface area contributed by atoms with E-state index in [0.29, 0.717) is 47.8 Å². The van der Waals surface area contributed by atoms with E-state index in [0.717, 1.165) is 48.1 Å². The molecule has 4 aromatic rings. The van der Waals surface area contributed by atoms with Crippen LogP contribution < -0.4 is 5.32 Å². The van der Waals surface area contributed by atoms with Crippen molar-refractivity contribution >= 4 is 16.9 Å². The predicted molar refractivity (Wildman–Crippen MR) is 150 cm³/mol. The molecular weight excluding hydrogens is 513 g/mol. The van der Waals surface area contributed by atoms with Crippen molar-refractivity contribution in [3.8, 4) is 11.8 Å². The summed E-state index contributed by atoms with van der Waals surface area (Å²) in [6.07, 6.45) is 1.09. The summed E-state index contributed by atoms with van der Waals surface area (Å²) < 4.78 is 42.4. The monoisotopic (exact) mass is 544 g/mol. The summed E-state index contributed by atoms with van der Waals surface area (Å²) in [6.45, 7) is 4.51. The Balaban J connectivity index is 1.17. The number of rotatable bonds is 5. The quantitative estimate of drug-likeness (QED) is 0.322. The van der Waals surface area contributed by atoms with Gasteiger partial charge in [0, 0.05) is 55.7 Å². The first-order valence-corrected chi connectivity index (χ1v) is 13.5. The fraction of sp³-hybridized carbons (Fsp3) is 0.355. The molecule has 0 amide bonds. The number of piperazine rings is 1. The highest BCUT2D eigenvalue weighted by molar-refractivity contribution is 5.70. The van der Waals surface area contributed by atoms with E-state index in [1.165, 1.54) is 6.07 Å². The lowest BCUT2D eigenvalue weighted by molar-refractivity contribution is -0.138. The minimum atomic E-state index is -4.42. The molecule has 0 radical (unpaired) electrons. The number of halogens is 3. The molecule has 9 heteroatoms. The molecule has 2 atom stereocenters. The van der Waals surface area contributed by atoms with Crippen molar-refractivity contribution in [2.24, 2.45) is 0 Å². The molecule has 6 rings (SSSR count). The van der Waals surface area contributed by atoms with Gasteiger partial charge < -0.3 is 15.2 Å². The Morgan fingerprint density at radius 2 is 1.85 bits per heavy atom. The molecule has 40 heavy (non-hydrogen) atoms. The molecule has 0 saturated carbocycles. The second-order valence-corrected chi connectivity index (χ2v) is 10.9. The standard InChI is InChI=1S/C31H31F3N6/c1-20-3-4-21(13-22(20)5-8-25-16-37-30-29(38-25)11-12-35-30)15-36-24-7-6-23(28(14-24)31(32,33)34)17-40-26-9-10-27(40)19-39(2)18-26/h3-4,6-7,11-14,16,26-27,36H,9-10,15,17-19H2,1-2H3,(H,35,37). The van der Waals surface area contributed by atoms with Crippen LogP contribution in [0.25, 0.3) is 11.2 Å². The fourth-order valence-electron chi connectivity index (χ4n) is 5.88. The third-order valence-electron chi connectivity index (χ3n) is 7.97. The average molecular weight is 545 g/mol. The van der Waals surface area contributed by atoms with Gasteiger partial charge in [-0.25, -0.2) is 9.97 Å². The Morgan fingerprint density at radius 1 is 1.05 bits per heavy atom. The SMILES string of the molecule is Cc1ccc(CNc2ccc(CN3C4CCC3CN(C)C4)c(C(F)(F)F)c2)cc1C#Cc1cnc2[nH]ccc2n1. The zero-order valence-corrected chi connectivity index (χ0v) is 22.5. The van der Waals surface area contributed by atoms with E-state index < -0.39 is 11.7 Å². The van der Waals surface area contributed by atoms with Crippen LogP contribution in [0.15, 0.2) is 54.9 Å². The lowest BCUT2D eigenvalue weighted by Gasteiger charge is -2.39. The molecule has 0 spiro atoms. The van der Waals surface area contributed by atoms with Crippen LogP contribution in [0.5, 0.6) is 0 Å². The van der Waals surface area contributed by atoms with Gasteiger partial charge >= 0.3 is 6.18 Å². The zero-order chi connectivity index (χ0) is 27.9. The third kappa shape index (κ3) is 5.55. The maximum Gasteiger partial charge on any atom is 0.416 e. The minimum absolute atomic E-state index is 0.324. The molecule has 2 aliphatic heterocycles. The number of nitrogens with one attached hydrogen (secondary N) is 2. The number of fused-ring (bicyclic) bond motifs is 3. The number of aromatic nitrogens is 3. The van der Waals surface area contributed by atoms with Crippen molar-refractivity contribution in [2.75, 3.05) is 25.5 Å². The van der Waals surface area contributed by atoms with Crippen molar-refractivity contribution in [1.29, 1.82) is 0 Å². The van der Waals surface area contributed by atoms with E-state index in [4.69, 9.17) is 0 Å². The number of aryl methyl sites for hydroxylation is 1. The van der Waals surface area contributed by atoms with Crippen LogP contribution in [0.3, 0.4) is 0 Å². The number of likely N-dealkylation sites (tertiary alicyclic amines) is 1. The van der Waals surface area contributed by atoms with Crippen LogP contribution in [0.2, 0.25) is 0 Å². The molecular formula is C31H31F3N6. The lowest BCUT2D eigenvalue weighted by atomic mass is 10.0. The summed E-state index contributed by atoms with van der Waals surface area (Å²) in [5, 5.41) is 3.18. The summed E-state index contributed by atoms with van der Waals surface area (Å²) in [7, 11) is 2.09. The maximum absolute atomic E-state index is 14.1. The summed E-state index contributed by atoms with van der Waals surface area (Å²) in [5.74, 6) is 6.24. The highest BCUT2D eigenvalue weighted by atomic mass is 19.4. The second-order valence-electron chi connectivity index (χ2n) is 10.9. The molecule has 2 fully saturated rings. The molecule has 4 heterocycles. The predicted octanol–water partition coefficient (Wildman–Crippen LogP) is 5.58. The number of likely N-dealkylation sites (N-methyl/N-ethyl adjacent to an activating group) is 1. The summed E-state index contributed by atoms with van der Waals surface area (Å²) in [5.41, 5.74) is 5.02. The number of nitrogens with zero attached hydrogens (tertiary/aromatic N) is 4. The van der Waals surface area contributed by atoms with Gasteiger partial charge in [-0.15, -0.1) is 0 Å².